The second-order valence-electron chi connectivity index (χ2n) is 4.96. The van der Waals surface area contributed by atoms with Crippen LogP contribution in [0.15, 0.2) is 36.5 Å². The van der Waals surface area contributed by atoms with Gasteiger partial charge in [-0.1, -0.05) is 24.3 Å². The zero-order valence-electron chi connectivity index (χ0n) is 12.2. The van der Waals surface area contributed by atoms with Gasteiger partial charge in [-0.2, -0.15) is 5.10 Å². The van der Waals surface area contributed by atoms with E-state index >= 15 is 0 Å². The molecule has 5 nitrogen and oxygen atoms in total. The van der Waals surface area contributed by atoms with E-state index in [1.807, 2.05) is 37.3 Å². The molecule has 0 saturated heterocycles. The second-order valence-corrected chi connectivity index (χ2v) is 4.96. The Kier molecular flexibility index (Phi) is 3.35. The van der Waals surface area contributed by atoms with E-state index in [0.29, 0.717) is 11.4 Å². The lowest BCUT2D eigenvalue weighted by molar-refractivity contribution is 0.214. The fourth-order valence-corrected chi connectivity index (χ4v) is 2.71. The molecule has 0 bridgehead atoms. The van der Waals surface area contributed by atoms with Crippen molar-refractivity contribution in [3.63, 3.8) is 0 Å². The number of ether oxygens (including phenoxy) is 1. The van der Waals surface area contributed by atoms with Crippen molar-refractivity contribution in [2.75, 3.05) is 7.11 Å². The average Bonchev–Trinajstić information content (AvgIpc) is 2.79. The van der Waals surface area contributed by atoms with Gasteiger partial charge in [-0.05, 0) is 13.0 Å². The minimum absolute atomic E-state index is 0.563. The first kappa shape index (κ1) is 13.6. The quantitative estimate of drug-likeness (QED) is 0.801. The number of para-hydroxylation sites is 1. The summed E-state index contributed by atoms with van der Waals surface area (Å²) < 4.78 is 7.00. The molecule has 0 aliphatic carbocycles. The van der Waals surface area contributed by atoms with E-state index in [9.17, 15) is 5.11 Å². The molecular weight excluding hydrogens is 266 g/mol. The van der Waals surface area contributed by atoms with E-state index in [1.54, 1.807) is 25.0 Å². The van der Waals surface area contributed by atoms with Crippen LogP contribution in [0.5, 0.6) is 5.88 Å². The molecule has 0 saturated carbocycles. The number of hydrogen-bond donors (Lipinski definition) is 1. The summed E-state index contributed by atoms with van der Waals surface area (Å²) in [4.78, 5) is 4.39. The maximum absolute atomic E-state index is 10.8. The first-order valence-electron chi connectivity index (χ1n) is 6.72. The number of pyridine rings is 1. The third kappa shape index (κ3) is 2.15. The van der Waals surface area contributed by atoms with Gasteiger partial charge in [0.2, 0.25) is 5.88 Å². The van der Waals surface area contributed by atoms with Crippen LogP contribution < -0.4 is 4.74 Å². The van der Waals surface area contributed by atoms with Gasteiger partial charge in [0.05, 0.1) is 23.9 Å². The van der Waals surface area contributed by atoms with Crippen LogP contribution in [0.1, 0.15) is 22.9 Å². The highest BCUT2D eigenvalue weighted by Gasteiger charge is 2.24. The SMILES string of the molecule is COc1c(C(O)c2cccc3cccnc23)c(C)nn1C. The Morgan fingerprint density at radius 1 is 1.24 bits per heavy atom. The van der Waals surface area contributed by atoms with Crippen LogP contribution in [0, 0.1) is 6.92 Å². The molecule has 0 aliphatic rings. The fourth-order valence-electron chi connectivity index (χ4n) is 2.71. The molecule has 0 radical (unpaired) electrons. The van der Waals surface area contributed by atoms with Crippen LogP contribution in [0.2, 0.25) is 0 Å². The van der Waals surface area contributed by atoms with E-state index in [0.717, 1.165) is 22.2 Å². The lowest BCUT2D eigenvalue weighted by Gasteiger charge is -2.14. The largest absolute Gasteiger partial charge is 0.481 e. The van der Waals surface area contributed by atoms with Crippen LogP contribution in [0.4, 0.5) is 0 Å². The number of methoxy groups -OCH3 is 1. The van der Waals surface area contributed by atoms with E-state index in [1.165, 1.54) is 0 Å². The van der Waals surface area contributed by atoms with Gasteiger partial charge in [-0.3, -0.25) is 4.98 Å². The van der Waals surface area contributed by atoms with Gasteiger partial charge >= 0.3 is 0 Å². The number of aliphatic hydroxyl groups excluding tert-OH is 1. The Hall–Kier alpha value is -2.40. The van der Waals surface area contributed by atoms with Crippen LogP contribution >= 0.6 is 0 Å². The second kappa shape index (κ2) is 5.18. The molecule has 1 N–H and O–H groups in total. The van der Waals surface area contributed by atoms with Crippen molar-refractivity contribution in [3.8, 4) is 5.88 Å². The Bertz CT molecular complexity index is 790. The molecule has 3 aromatic rings. The zero-order valence-corrected chi connectivity index (χ0v) is 12.2. The third-order valence-electron chi connectivity index (χ3n) is 3.64. The van der Waals surface area contributed by atoms with Crippen molar-refractivity contribution in [2.24, 2.45) is 7.05 Å². The number of hydrogen-bond acceptors (Lipinski definition) is 4. The number of aryl methyl sites for hydroxylation is 2. The molecule has 1 atom stereocenters. The van der Waals surface area contributed by atoms with Crippen LogP contribution in [-0.2, 0) is 7.05 Å². The normalized spacial score (nSPS) is 12.6. The molecule has 108 valence electrons. The van der Waals surface area contributed by atoms with Crippen molar-refractivity contribution in [3.05, 3.63) is 53.3 Å². The summed E-state index contributed by atoms with van der Waals surface area (Å²) >= 11 is 0. The highest BCUT2D eigenvalue weighted by atomic mass is 16.5. The average molecular weight is 283 g/mol. The number of aromatic nitrogens is 3. The number of rotatable bonds is 3. The Labute approximate surface area is 122 Å². The van der Waals surface area contributed by atoms with Crippen LogP contribution in [0.25, 0.3) is 10.9 Å². The van der Waals surface area contributed by atoms with Crippen molar-refractivity contribution < 1.29 is 9.84 Å². The van der Waals surface area contributed by atoms with Gasteiger partial charge in [0.25, 0.3) is 0 Å². The minimum Gasteiger partial charge on any atom is -0.481 e. The first-order valence-corrected chi connectivity index (χ1v) is 6.72. The highest BCUT2D eigenvalue weighted by molar-refractivity contribution is 5.82. The van der Waals surface area contributed by atoms with Crippen LogP contribution in [-0.4, -0.2) is 27.0 Å². The molecule has 0 spiro atoms. The summed E-state index contributed by atoms with van der Waals surface area (Å²) in [5.41, 5.74) is 2.97. The van der Waals surface area contributed by atoms with Crippen molar-refractivity contribution in [1.29, 1.82) is 0 Å². The highest BCUT2D eigenvalue weighted by Crippen LogP contribution is 2.34. The fraction of sp³-hybridized carbons (Fsp3) is 0.250. The lowest BCUT2D eigenvalue weighted by Crippen LogP contribution is -2.05. The Morgan fingerprint density at radius 2 is 2.00 bits per heavy atom. The molecule has 2 aromatic heterocycles. The summed E-state index contributed by atoms with van der Waals surface area (Å²) in [6.45, 7) is 1.86. The summed E-state index contributed by atoms with van der Waals surface area (Å²) in [6, 6.07) is 9.64. The minimum atomic E-state index is -0.827. The van der Waals surface area contributed by atoms with Gasteiger partial charge in [0, 0.05) is 24.2 Å². The molecule has 5 heteroatoms. The molecule has 1 aromatic carbocycles. The van der Waals surface area contributed by atoms with Crippen molar-refractivity contribution in [2.45, 2.75) is 13.0 Å². The summed E-state index contributed by atoms with van der Waals surface area (Å²) in [6.07, 6.45) is 0.901. The third-order valence-corrected chi connectivity index (χ3v) is 3.64. The molecule has 3 rings (SSSR count). The van der Waals surface area contributed by atoms with E-state index in [4.69, 9.17) is 4.74 Å². The van der Waals surface area contributed by atoms with E-state index in [2.05, 4.69) is 10.1 Å². The van der Waals surface area contributed by atoms with Gasteiger partial charge in [0.1, 0.15) is 6.10 Å². The maximum Gasteiger partial charge on any atom is 0.217 e. The summed E-state index contributed by atoms with van der Waals surface area (Å²) in [7, 11) is 3.37. The van der Waals surface area contributed by atoms with E-state index < -0.39 is 6.10 Å². The molecule has 2 heterocycles. The lowest BCUT2D eigenvalue weighted by atomic mass is 9.99. The number of nitrogens with zero attached hydrogens (tertiary/aromatic N) is 3. The predicted molar refractivity (Wildman–Crippen MR) is 80.3 cm³/mol. The van der Waals surface area contributed by atoms with Gasteiger partial charge in [-0.15, -0.1) is 0 Å². The topological polar surface area (TPSA) is 60.2 Å². The van der Waals surface area contributed by atoms with Gasteiger partial charge in [0.15, 0.2) is 0 Å². The molecule has 1 unspecified atom stereocenters. The predicted octanol–water partition coefficient (Wildman–Crippen LogP) is 2.37. The zero-order chi connectivity index (χ0) is 15.0. The van der Waals surface area contributed by atoms with E-state index in [-0.39, 0.29) is 0 Å². The molecule has 0 aliphatic heterocycles. The Morgan fingerprint density at radius 3 is 2.76 bits per heavy atom. The smallest absolute Gasteiger partial charge is 0.217 e. The molecular formula is C16H17N3O2. The van der Waals surface area contributed by atoms with Gasteiger partial charge in [-0.25, -0.2) is 4.68 Å². The van der Waals surface area contributed by atoms with Crippen LogP contribution in [0.3, 0.4) is 0 Å². The Balaban J connectivity index is 2.20. The molecule has 21 heavy (non-hydrogen) atoms. The summed E-state index contributed by atoms with van der Waals surface area (Å²) in [5, 5.41) is 16.1. The number of aliphatic hydroxyl groups is 1. The maximum atomic E-state index is 10.8. The van der Waals surface area contributed by atoms with Gasteiger partial charge < -0.3 is 9.84 Å². The standard InChI is InChI=1S/C16H17N3O2/c1-10-13(16(21-3)19(2)18-10)15(20)12-8-4-6-11-7-5-9-17-14(11)12/h4-9,15,20H,1-3H3. The van der Waals surface area contributed by atoms with Crippen molar-refractivity contribution in [1.82, 2.24) is 14.8 Å². The van der Waals surface area contributed by atoms with Crippen molar-refractivity contribution >= 4 is 10.9 Å². The molecule has 0 amide bonds. The summed E-state index contributed by atoms with van der Waals surface area (Å²) in [5.74, 6) is 0.563. The first-order chi connectivity index (χ1) is 10.1. The monoisotopic (exact) mass is 283 g/mol. The number of fused-ring (bicyclic) bond motifs is 1. The number of benzene rings is 1. The molecule has 0 fully saturated rings.